The molecule has 4 aromatic rings. The van der Waals surface area contributed by atoms with Crippen LogP contribution in [0, 0.1) is 0 Å². The van der Waals surface area contributed by atoms with Crippen LogP contribution in [0.1, 0.15) is 10.5 Å². The Morgan fingerprint density at radius 2 is 1.79 bits per heavy atom. The van der Waals surface area contributed by atoms with Gasteiger partial charge in [0.25, 0.3) is 5.91 Å². The van der Waals surface area contributed by atoms with Crippen LogP contribution in [0.25, 0.3) is 11.3 Å². The Morgan fingerprint density at radius 3 is 2.55 bits per heavy atom. The molecule has 33 heavy (non-hydrogen) atoms. The van der Waals surface area contributed by atoms with Crippen LogP contribution in [0.5, 0.6) is 5.75 Å². The number of aromatic nitrogens is 5. The van der Waals surface area contributed by atoms with Crippen molar-refractivity contribution in [2.75, 3.05) is 30.8 Å². The van der Waals surface area contributed by atoms with E-state index in [1.54, 1.807) is 37.3 Å². The number of rotatable bonds is 9. The van der Waals surface area contributed by atoms with E-state index in [9.17, 15) is 4.79 Å². The van der Waals surface area contributed by atoms with E-state index < -0.39 is 0 Å². The smallest absolute Gasteiger partial charge is 0.269 e. The van der Waals surface area contributed by atoms with Crippen molar-refractivity contribution in [2.24, 2.45) is 7.05 Å². The Labute approximate surface area is 191 Å². The van der Waals surface area contributed by atoms with Gasteiger partial charge in [-0.25, -0.2) is 0 Å². The zero-order chi connectivity index (χ0) is 23.0. The SMILES string of the molecule is COc1cccc(-c2cc(C(=O)NCCNc3ccc(Nc4ccncc4)nn3)n(C)n2)c1. The van der Waals surface area contributed by atoms with E-state index in [1.807, 2.05) is 48.5 Å². The predicted octanol–water partition coefficient (Wildman–Crippen LogP) is 2.87. The summed E-state index contributed by atoms with van der Waals surface area (Å²) in [6.45, 7) is 0.912. The van der Waals surface area contributed by atoms with Crippen molar-refractivity contribution in [1.82, 2.24) is 30.3 Å². The molecule has 4 rings (SSSR count). The predicted molar refractivity (Wildman–Crippen MR) is 126 cm³/mol. The summed E-state index contributed by atoms with van der Waals surface area (Å²) >= 11 is 0. The van der Waals surface area contributed by atoms with Crippen LogP contribution in [0.2, 0.25) is 0 Å². The van der Waals surface area contributed by atoms with Gasteiger partial charge in [0.2, 0.25) is 0 Å². The highest BCUT2D eigenvalue weighted by atomic mass is 16.5. The minimum Gasteiger partial charge on any atom is -0.497 e. The molecule has 0 bridgehead atoms. The van der Waals surface area contributed by atoms with Crippen molar-refractivity contribution >= 4 is 23.2 Å². The number of carbonyl (C=O) groups is 1. The maximum atomic E-state index is 12.6. The fraction of sp³-hybridized carbons (Fsp3) is 0.174. The molecule has 168 valence electrons. The number of pyridine rings is 1. The van der Waals surface area contributed by atoms with E-state index >= 15 is 0 Å². The normalized spacial score (nSPS) is 10.5. The van der Waals surface area contributed by atoms with Gasteiger partial charge in [0.15, 0.2) is 5.82 Å². The summed E-state index contributed by atoms with van der Waals surface area (Å²) in [5, 5.41) is 21.9. The van der Waals surface area contributed by atoms with E-state index in [1.165, 1.54) is 0 Å². The quantitative estimate of drug-likeness (QED) is 0.337. The van der Waals surface area contributed by atoms with Crippen LogP contribution in [-0.2, 0) is 7.05 Å². The molecule has 3 heterocycles. The molecule has 0 unspecified atom stereocenters. The summed E-state index contributed by atoms with van der Waals surface area (Å²) in [7, 11) is 3.36. The summed E-state index contributed by atoms with van der Waals surface area (Å²) in [6, 6.07) is 16.7. The Hall–Kier alpha value is -4.47. The van der Waals surface area contributed by atoms with Gasteiger partial charge in [0.05, 0.1) is 12.8 Å². The first-order valence-corrected chi connectivity index (χ1v) is 10.3. The molecule has 10 heteroatoms. The van der Waals surface area contributed by atoms with Gasteiger partial charge in [-0.05, 0) is 42.5 Å². The van der Waals surface area contributed by atoms with E-state index in [4.69, 9.17) is 4.74 Å². The zero-order valence-electron chi connectivity index (χ0n) is 18.3. The Kier molecular flexibility index (Phi) is 6.74. The number of carbonyl (C=O) groups excluding carboxylic acids is 1. The third-order valence-corrected chi connectivity index (χ3v) is 4.81. The lowest BCUT2D eigenvalue weighted by Gasteiger charge is -2.08. The van der Waals surface area contributed by atoms with Crippen LogP contribution >= 0.6 is 0 Å². The second-order valence-corrected chi connectivity index (χ2v) is 7.12. The summed E-state index contributed by atoms with van der Waals surface area (Å²) in [6.07, 6.45) is 3.40. The third kappa shape index (κ3) is 5.62. The van der Waals surface area contributed by atoms with Crippen LogP contribution < -0.4 is 20.7 Å². The molecular weight excluding hydrogens is 420 g/mol. The van der Waals surface area contributed by atoms with E-state index in [0.717, 1.165) is 17.0 Å². The third-order valence-electron chi connectivity index (χ3n) is 4.81. The number of amides is 1. The number of nitrogens with zero attached hydrogens (tertiary/aromatic N) is 5. The number of hydrogen-bond acceptors (Lipinski definition) is 8. The standard InChI is InChI=1S/C23H24N8O2/c1-31-20(15-19(30-31)16-4-3-5-18(14-16)33-2)23(32)26-13-12-25-21-6-7-22(29-28-21)27-17-8-10-24-11-9-17/h3-11,14-15H,12-13H2,1-2H3,(H,25,28)(H,26,32)(H,24,27,29). The highest BCUT2D eigenvalue weighted by Crippen LogP contribution is 2.23. The lowest BCUT2D eigenvalue weighted by Crippen LogP contribution is -2.30. The highest BCUT2D eigenvalue weighted by molar-refractivity contribution is 5.93. The van der Waals surface area contributed by atoms with E-state index in [-0.39, 0.29) is 5.91 Å². The molecule has 0 atom stereocenters. The maximum absolute atomic E-state index is 12.6. The molecule has 1 aromatic carbocycles. The number of hydrogen-bond donors (Lipinski definition) is 3. The summed E-state index contributed by atoms with van der Waals surface area (Å²) < 4.78 is 6.83. The molecule has 0 aliphatic rings. The average molecular weight is 444 g/mol. The fourth-order valence-electron chi connectivity index (χ4n) is 3.14. The van der Waals surface area contributed by atoms with Crippen LogP contribution in [0.3, 0.4) is 0 Å². The topological polar surface area (TPSA) is 119 Å². The monoisotopic (exact) mass is 444 g/mol. The van der Waals surface area contributed by atoms with Crippen LogP contribution in [0.4, 0.5) is 17.3 Å². The summed E-state index contributed by atoms with van der Waals surface area (Å²) in [5.74, 6) is 1.77. The van der Waals surface area contributed by atoms with Gasteiger partial charge < -0.3 is 20.7 Å². The molecule has 0 radical (unpaired) electrons. The number of aryl methyl sites for hydroxylation is 1. The van der Waals surface area contributed by atoms with Gasteiger partial charge >= 0.3 is 0 Å². The molecule has 0 spiro atoms. The second-order valence-electron chi connectivity index (χ2n) is 7.12. The lowest BCUT2D eigenvalue weighted by molar-refractivity contribution is 0.0946. The Balaban J connectivity index is 1.27. The van der Waals surface area contributed by atoms with Crippen LogP contribution in [0.15, 0.2) is 67.0 Å². The lowest BCUT2D eigenvalue weighted by atomic mass is 10.1. The van der Waals surface area contributed by atoms with Gasteiger partial charge in [0.1, 0.15) is 17.3 Å². The zero-order valence-corrected chi connectivity index (χ0v) is 18.3. The molecule has 3 aromatic heterocycles. The fourth-order valence-corrected chi connectivity index (χ4v) is 3.14. The molecule has 0 saturated heterocycles. The first kappa shape index (κ1) is 21.8. The van der Waals surface area contributed by atoms with Gasteiger partial charge in [-0.3, -0.25) is 14.5 Å². The highest BCUT2D eigenvalue weighted by Gasteiger charge is 2.14. The molecule has 10 nitrogen and oxygen atoms in total. The number of ether oxygens (including phenoxy) is 1. The molecule has 0 aliphatic carbocycles. The Morgan fingerprint density at radius 1 is 1.00 bits per heavy atom. The second kappa shape index (κ2) is 10.2. The van der Waals surface area contributed by atoms with Gasteiger partial charge in [-0.15, -0.1) is 10.2 Å². The molecule has 1 amide bonds. The van der Waals surface area contributed by atoms with Gasteiger partial charge in [0, 0.05) is 43.8 Å². The van der Waals surface area contributed by atoms with E-state index in [0.29, 0.717) is 36.1 Å². The van der Waals surface area contributed by atoms with Crippen molar-refractivity contribution in [3.05, 3.63) is 72.7 Å². The minimum absolute atomic E-state index is 0.205. The van der Waals surface area contributed by atoms with Crippen LogP contribution in [-0.4, -0.2) is 51.1 Å². The largest absolute Gasteiger partial charge is 0.497 e. The van der Waals surface area contributed by atoms with Crippen molar-refractivity contribution in [3.8, 4) is 17.0 Å². The molecular formula is C23H24N8O2. The molecule has 3 N–H and O–H groups in total. The first-order valence-electron chi connectivity index (χ1n) is 10.3. The minimum atomic E-state index is -0.205. The van der Waals surface area contributed by atoms with Crippen molar-refractivity contribution in [2.45, 2.75) is 0 Å². The summed E-state index contributed by atoms with van der Waals surface area (Å²) in [4.78, 5) is 16.6. The van der Waals surface area contributed by atoms with Gasteiger partial charge in [-0.2, -0.15) is 5.10 Å². The molecule has 0 saturated carbocycles. The molecule has 0 aliphatic heterocycles. The Bertz CT molecular complexity index is 1210. The maximum Gasteiger partial charge on any atom is 0.269 e. The van der Waals surface area contributed by atoms with Crippen molar-refractivity contribution in [1.29, 1.82) is 0 Å². The number of methoxy groups -OCH3 is 1. The van der Waals surface area contributed by atoms with Crippen molar-refractivity contribution in [3.63, 3.8) is 0 Å². The van der Waals surface area contributed by atoms with E-state index in [2.05, 4.69) is 36.2 Å². The molecule has 0 fully saturated rings. The average Bonchev–Trinajstić information content (AvgIpc) is 3.25. The van der Waals surface area contributed by atoms with Crippen molar-refractivity contribution < 1.29 is 9.53 Å². The number of benzene rings is 1. The first-order chi connectivity index (χ1) is 16.1. The summed E-state index contributed by atoms with van der Waals surface area (Å²) in [5.41, 5.74) is 2.94. The number of anilines is 3. The number of nitrogens with one attached hydrogen (secondary N) is 3. The van der Waals surface area contributed by atoms with Gasteiger partial charge in [-0.1, -0.05) is 12.1 Å².